The fourth-order valence-corrected chi connectivity index (χ4v) is 2.85. The average Bonchev–Trinajstić information content (AvgIpc) is 2.48. The molecule has 100 valence electrons. The van der Waals surface area contributed by atoms with Crippen molar-refractivity contribution in [2.45, 2.75) is 64.3 Å². The highest BCUT2D eigenvalue weighted by Crippen LogP contribution is 2.38. The molecular weight excluding hydrogens is 224 g/mol. The van der Waals surface area contributed by atoms with Gasteiger partial charge in [-0.15, -0.1) is 0 Å². The molecule has 2 rings (SSSR count). The molecular formula is C15H24N2O. The normalized spacial score (nSPS) is 27.1. The smallest absolute Gasteiger partial charge is 0.0787 e. The van der Waals surface area contributed by atoms with Crippen molar-refractivity contribution in [1.82, 2.24) is 10.3 Å². The van der Waals surface area contributed by atoms with E-state index in [9.17, 15) is 0 Å². The minimum absolute atomic E-state index is 0.0458. The Balaban J connectivity index is 2.06. The Kier molecular flexibility index (Phi) is 3.47. The fraction of sp³-hybridized carbons (Fsp3) is 0.667. The van der Waals surface area contributed by atoms with E-state index in [1.54, 1.807) is 0 Å². The molecule has 3 heteroatoms. The highest BCUT2D eigenvalue weighted by Gasteiger charge is 2.46. The summed E-state index contributed by atoms with van der Waals surface area (Å²) in [5.41, 5.74) is 1.05. The molecule has 2 heterocycles. The van der Waals surface area contributed by atoms with Gasteiger partial charge in [-0.05, 0) is 52.7 Å². The summed E-state index contributed by atoms with van der Waals surface area (Å²) in [5.74, 6) is 0. The van der Waals surface area contributed by atoms with E-state index in [1.807, 2.05) is 18.5 Å². The van der Waals surface area contributed by atoms with Gasteiger partial charge in [0.15, 0.2) is 0 Å². The van der Waals surface area contributed by atoms with Crippen molar-refractivity contribution in [1.29, 1.82) is 0 Å². The molecule has 1 aliphatic rings. The zero-order valence-electron chi connectivity index (χ0n) is 12.0. The van der Waals surface area contributed by atoms with Crippen LogP contribution in [0.2, 0.25) is 0 Å². The van der Waals surface area contributed by atoms with Crippen LogP contribution in [-0.4, -0.2) is 22.2 Å². The summed E-state index contributed by atoms with van der Waals surface area (Å²) in [6, 6.07) is 4.75. The Hall–Kier alpha value is -0.930. The molecule has 18 heavy (non-hydrogen) atoms. The van der Waals surface area contributed by atoms with E-state index < -0.39 is 0 Å². The van der Waals surface area contributed by atoms with Crippen molar-refractivity contribution in [2.24, 2.45) is 0 Å². The number of rotatable bonds is 3. The molecule has 0 aromatic carbocycles. The third-order valence-electron chi connectivity index (χ3n) is 3.71. The van der Waals surface area contributed by atoms with Crippen molar-refractivity contribution >= 4 is 0 Å². The number of hydrogen-bond acceptors (Lipinski definition) is 3. The van der Waals surface area contributed by atoms with Crippen molar-refractivity contribution in [3.8, 4) is 0 Å². The molecule has 1 aromatic rings. The summed E-state index contributed by atoms with van der Waals surface area (Å²) in [6.07, 6.45) is 4.76. The minimum Gasteiger partial charge on any atom is -0.368 e. The maximum Gasteiger partial charge on any atom is 0.0787 e. The van der Waals surface area contributed by atoms with Crippen molar-refractivity contribution in [3.63, 3.8) is 0 Å². The standard InChI is InChI=1S/C15H24N2O/c1-11(12-7-6-8-16-10-12)17-13-9-14(2,3)18-15(13,4)5/h6-8,10-11,13,17H,9H2,1-5H3/t11-,13?/m1/s1. The minimum atomic E-state index is -0.125. The van der Waals surface area contributed by atoms with Gasteiger partial charge in [0, 0.05) is 24.5 Å². The lowest BCUT2D eigenvalue weighted by Gasteiger charge is -2.30. The molecule has 1 saturated heterocycles. The molecule has 0 saturated carbocycles. The average molecular weight is 248 g/mol. The molecule has 1 unspecified atom stereocenters. The van der Waals surface area contributed by atoms with Crippen LogP contribution in [0.5, 0.6) is 0 Å². The van der Waals surface area contributed by atoms with E-state index in [4.69, 9.17) is 4.74 Å². The summed E-state index contributed by atoms with van der Waals surface area (Å²) < 4.78 is 6.11. The molecule has 0 bridgehead atoms. The van der Waals surface area contributed by atoms with Crippen LogP contribution in [0.25, 0.3) is 0 Å². The Bertz CT molecular complexity index is 400. The van der Waals surface area contributed by atoms with E-state index in [0.717, 1.165) is 6.42 Å². The van der Waals surface area contributed by atoms with E-state index in [0.29, 0.717) is 12.1 Å². The van der Waals surface area contributed by atoms with Crippen LogP contribution in [0.15, 0.2) is 24.5 Å². The molecule has 2 atom stereocenters. The SMILES string of the molecule is C[C@@H](NC1CC(C)(C)OC1(C)C)c1cccnc1. The third-order valence-corrected chi connectivity index (χ3v) is 3.71. The summed E-state index contributed by atoms with van der Waals surface area (Å²) >= 11 is 0. The monoisotopic (exact) mass is 248 g/mol. The van der Waals surface area contributed by atoms with Crippen LogP contribution in [-0.2, 0) is 4.74 Å². The van der Waals surface area contributed by atoms with Crippen molar-refractivity contribution in [3.05, 3.63) is 30.1 Å². The molecule has 0 spiro atoms. The van der Waals surface area contributed by atoms with Gasteiger partial charge in [-0.25, -0.2) is 0 Å². The predicted molar refractivity (Wildman–Crippen MR) is 73.4 cm³/mol. The zero-order chi connectivity index (χ0) is 13.4. The zero-order valence-corrected chi connectivity index (χ0v) is 12.0. The fourth-order valence-electron chi connectivity index (χ4n) is 2.85. The van der Waals surface area contributed by atoms with Crippen LogP contribution in [0.4, 0.5) is 0 Å². The van der Waals surface area contributed by atoms with Crippen LogP contribution in [0, 0.1) is 0 Å². The van der Waals surface area contributed by atoms with E-state index in [1.165, 1.54) is 5.56 Å². The van der Waals surface area contributed by atoms with Gasteiger partial charge in [0.25, 0.3) is 0 Å². The summed E-state index contributed by atoms with van der Waals surface area (Å²) in [6.45, 7) is 10.8. The topological polar surface area (TPSA) is 34.1 Å². The highest BCUT2D eigenvalue weighted by molar-refractivity contribution is 5.14. The second-order valence-electron chi connectivity index (χ2n) is 6.40. The van der Waals surface area contributed by atoms with Gasteiger partial charge in [0.05, 0.1) is 11.2 Å². The maximum atomic E-state index is 6.11. The Morgan fingerprint density at radius 3 is 2.61 bits per heavy atom. The molecule has 0 amide bonds. The molecule has 1 N–H and O–H groups in total. The van der Waals surface area contributed by atoms with Crippen LogP contribution < -0.4 is 5.32 Å². The first-order valence-electron chi connectivity index (χ1n) is 6.66. The van der Waals surface area contributed by atoms with Gasteiger partial charge < -0.3 is 10.1 Å². The van der Waals surface area contributed by atoms with Crippen LogP contribution in [0.1, 0.15) is 52.6 Å². The first-order valence-corrected chi connectivity index (χ1v) is 6.66. The molecule has 1 aliphatic heterocycles. The lowest BCUT2D eigenvalue weighted by Crippen LogP contribution is -2.44. The second kappa shape index (κ2) is 4.63. The van der Waals surface area contributed by atoms with Gasteiger partial charge in [-0.2, -0.15) is 0 Å². The summed E-state index contributed by atoms with van der Waals surface area (Å²) in [7, 11) is 0. The van der Waals surface area contributed by atoms with E-state index in [-0.39, 0.29) is 11.2 Å². The quantitative estimate of drug-likeness (QED) is 0.892. The van der Waals surface area contributed by atoms with Gasteiger partial charge in [-0.3, -0.25) is 4.98 Å². The van der Waals surface area contributed by atoms with E-state index >= 15 is 0 Å². The Morgan fingerprint density at radius 2 is 2.11 bits per heavy atom. The number of nitrogens with zero attached hydrogens (tertiary/aromatic N) is 1. The Labute approximate surface area is 110 Å². The lowest BCUT2D eigenvalue weighted by atomic mass is 9.93. The van der Waals surface area contributed by atoms with Crippen LogP contribution >= 0.6 is 0 Å². The van der Waals surface area contributed by atoms with E-state index in [2.05, 4.69) is 51.0 Å². The maximum absolute atomic E-state index is 6.11. The lowest BCUT2D eigenvalue weighted by molar-refractivity contribution is -0.0703. The van der Waals surface area contributed by atoms with Gasteiger partial charge in [-0.1, -0.05) is 6.07 Å². The van der Waals surface area contributed by atoms with Gasteiger partial charge in [0.1, 0.15) is 0 Å². The number of aromatic nitrogens is 1. The molecule has 3 nitrogen and oxygen atoms in total. The first kappa shape index (κ1) is 13.5. The first-order chi connectivity index (χ1) is 8.30. The predicted octanol–water partition coefficient (Wildman–Crippen LogP) is 3.08. The molecule has 0 aliphatic carbocycles. The van der Waals surface area contributed by atoms with Crippen molar-refractivity contribution < 1.29 is 4.74 Å². The number of hydrogen-bond donors (Lipinski definition) is 1. The molecule has 1 aromatic heterocycles. The van der Waals surface area contributed by atoms with Gasteiger partial charge in [0.2, 0.25) is 0 Å². The molecule has 1 fully saturated rings. The molecule has 0 radical (unpaired) electrons. The number of pyridine rings is 1. The number of ether oxygens (including phenoxy) is 1. The Morgan fingerprint density at radius 1 is 1.39 bits per heavy atom. The summed E-state index contributed by atoms with van der Waals surface area (Å²) in [5, 5.41) is 3.68. The number of nitrogens with one attached hydrogen (secondary N) is 1. The largest absolute Gasteiger partial charge is 0.368 e. The summed E-state index contributed by atoms with van der Waals surface area (Å²) in [4.78, 5) is 4.17. The highest BCUT2D eigenvalue weighted by atomic mass is 16.5. The second-order valence-corrected chi connectivity index (χ2v) is 6.40. The van der Waals surface area contributed by atoms with Gasteiger partial charge >= 0.3 is 0 Å². The third kappa shape index (κ3) is 2.90. The van der Waals surface area contributed by atoms with Crippen molar-refractivity contribution in [2.75, 3.05) is 0 Å². The van der Waals surface area contributed by atoms with Crippen LogP contribution in [0.3, 0.4) is 0 Å².